The molecule has 0 atom stereocenters. The van der Waals surface area contributed by atoms with Gasteiger partial charge in [-0.15, -0.1) is 11.3 Å². The van der Waals surface area contributed by atoms with Crippen molar-refractivity contribution in [3.05, 3.63) is 57.7 Å². The second kappa shape index (κ2) is 7.97. The molecule has 2 aromatic carbocycles. The van der Waals surface area contributed by atoms with E-state index in [4.69, 9.17) is 10.5 Å². The first-order valence-corrected chi connectivity index (χ1v) is 9.00. The van der Waals surface area contributed by atoms with Gasteiger partial charge in [-0.2, -0.15) is 5.10 Å². The van der Waals surface area contributed by atoms with Crippen molar-refractivity contribution in [2.75, 3.05) is 14.2 Å². The number of hydrogen-bond acceptors (Lipinski definition) is 7. The second-order valence-corrected chi connectivity index (χ2v) is 6.55. The van der Waals surface area contributed by atoms with Crippen LogP contribution in [0.4, 0.5) is 0 Å². The van der Waals surface area contributed by atoms with Crippen LogP contribution < -0.4 is 15.3 Å². The van der Waals surface area contributed by atoms with Crippen LogP contribution in [0.1, 0.15) is 15.9 Å². The molecular formula is C19H18N4O4S. The Morgan fingerprint density at radius 1 is 1.21 bits per heavy atom. The Kier molecular flexibility index (Phi) is 5.46. The minimum atomic E-state index is -0.721. The molecule has 8 nitrogen and oxygen atoms in total. The molecule has 3 aromatic rings. The van der Waals surface area contributed by atoms with E-state index < -0.39 is 5.91 Å². The number of carbonyl (C=O) groups is 1. The van der Waals surface area contributed by atoms with Crippen molar-refractivity contribution in [1.29, 1.82) is 0 Å². The highest BCUT2D eigenvalue weighted by Gasteiger charge is 2.13. The Hall–Kier alpha value is -3.59. The number of benzene rings is 2. The van der Waals surface area contributed by atoms with Gasteiger partial charge in [-0.1, -0.05) is 0 Å². The SMILES string of the molecule is CN=c1scc(-c2ccc(O)c(C(N)=O)c2)n1/N=C/c1ccc(O)c(OC)c1. The number of thiazole rings is 1. The Balaban J connectivity index is 2.07. The van der Waals surface area contributed by atoms with Gasteiger partial charge in [0.05, 0.1) is 24.6 Å². The third kappa shape index (κ3) is 3.74. The number of phenols is 2. The fraction of sp³-hybridized carbons (Fsp3) is 0.105. The molecule has 0 bridgehead atoms. The maximum Gasteiger partial charge on any atom is 0.252 e. The molecule has 3 rings (SSSR count). The highest BCUT2D eigenvalue weighted by molar-refractivity contribution is 7.07. The second-order valence-electron chi connectivity index (χ2n) is 5.71. The summed E-state index contributed by atoms with van der Waals surface area (Å²) in [6.45, 7) is 0. The van der Waals surface area contributed by atoms with Crippen LogP contribution in [0.3, 0.4) is 0 Å². The van der Waals surface area contributed by atoms with Crippen LogP contribution in [-0.2, 0) is 0 Å². The number of amides is 1. The fourth-order valence-corrected chi connectivity index (χ4v) is 3.36. The zero-order valence-corrected chi connectivity index (χ0v) is 16.0. The highest BCUT2D eigenvalue weighted by atomic mass is 32.1. The topological polar surface area (TPSA) is 122 Å². The number of nitrogens with zero attached hydrogens (tertiary/aromatic N) is 3. The molecule has 0 radical (unpaired) electrons. The standard InChI is InChI=1S/C19H18N4O4S/c1-21-19-23(22-9-11-3-5-16(25)17(7-11)27-2)14(10-28-19)12-4-6-15(24)13(8-12)18(20)26/h3-10,24-25H,1-2H3,(H2,20,26)/b21-19?,22-9+. The summed E-state index contributed by atoms with van der Waals surface area (Å²) in [5, 5.41) is 25.8. The Bertz CT molecular complexity index is 1130. The maximum atomic E-state index is 11.5. The van der Waals surface area contributed by atoms with Crippen molar-refractivity contribution in [3.63, 3.8) is 0 Å². The molecule has 0 aliphatic rings. The van der Waals surface area contributed by atoms with E-state index in [1.54, 1.807) is 36.1 Å². The Morgan fingerprint density at radius 3 is 2.64 bits per heavy atom. The lowest BCUT2D eigenvalue weighted by Gasteiger charge is -2.07. The summed E-state index contributed by atoms with van der Waals surface area (Å²) in [5.41, 5.74) is 7.39. The number of phenolic OH excluding ortho intramolecular Hbond substituents is 1. The van der Waals surface area contributed by atoms with E-state index >= 15 is 0 Å². The lowest BCUT2D eigenvalue weighted by molar-refractivity contribution is 0.0998. The molecule has 0 aliphatic heterocycles. The summed E-state index contributed by atoms with van der Waals surface area (Å²) in [5.74, 6) is -0.528. The molecule has 4 N–H and O–H groups in total. The minimum Gasteiger partial charge on any atom is -0.507 e. The molecule has 0 unspecified atom stereocenters. The van der Waals surface area contributed by atoms with Gasteiger partial charge in [-0.3, -0.25) is 9.79 Å². The predicted octanol–water partition coefficient (Wildman–Crippen LogP) is 2.15. The van der Waals surface area contributed by atoms with Crippen LogP contribution in [0.2, 0.25) is 0 Å². The number of nitrogens with two attached hydrogens (primary N) is 1. The van der Waals surface area contributed by atoms with E-state index in [1.807, 2.05) is 5.38 Å². The molecule has 144 valence electrons. The average Bonchev–Trinajstić information content (AvgIpc) is 3.10. The van der Waals surface area contributed by atoms with Crippen LogP contribution in [-0.4, -0.2) is 41.2 Å². The number of ether oxygens (including phenoxy) is 1. The lowest BCUT2D eigenvalue weighted by Crippen LogP contribution is -2.13. The number of carbonyl (C=O) groups excluding carboxylic acids is 1. The number of primary amides is 1. The first kappa shape index (κ1) is 19.2. The quantitative estimate of drug-likeness (QED) is 0.570. The van der Waals surface area contributed by atoms with Gasteiger partial charge >= 0.3 is 0 Å². The van der Waals surface area contributed by atoms with Crippen molar-refractivity contribution in [2.45, 2.75) is 0 Å². The van der Waals surface area contributed by atoms with Gasteiger partial charge in [-0.05, 0) is 42.0 Å². The first-order valence-electron chi connectivity index (χ1n) is 8.12. The van der Waals surface area contributed by atoms with Crippen LogP contribution >= 0.6 is 11.3 Å². The normalized spacial score (nSPS) is 11.9. The van der Waals surface area contributed by atoms with Crippen LogP contribution in [0.5, 0.6) is 17.2 Å². The smallest absolute Gasteiger partial charge is 0.252 e. The van der Waals surface area contributed by atoms with E-state index in [0.717, 1.165) is 0 Å². The lowest BCUT2D eigenvalue weighted by atomic mass is 10.1. The largest absolute Gasteiger partial charge is 0.507 e. The van der Waals surface area contributed by atoms with Crippen molar-refractivity contribution in [1.82, 2.24) is 4.68 Å². The van der Waals surface area contributed by atoms with Crippen LogP contribution in [0, 0.1) is 0 Å². The maximum absolute atomic E-state index is 11.5. The number of aromatic nitrogens is 1. The Morgan fingerprint density at radius 2 is 1.96 bits per heavy atom. The number of hydrogen-bond donors (Lipinski definition) is 3. The number of rotatable bonds is 5. The van der Waals surface area contributed by atoms with Crippen molar-refractivity contribution in [2.24, 2.45) is 15.8 Å². The van der Waals surface area contributed by atoms with E-state index in [9.17, 15) is 15.0 Å². The summed E-state index contributed by atoms with van der Waals surface area (Å²) >= 11 is 1.37. The molecule has 0 fully saturated rings. The van der Waals surface area contributed by atoms with Gasteiger partial charge in [0.25, 0.3) is 5.91 Å². The predicted molar refractivity (Wildman–Crippen MR) is 107 cm³/mol. The van der Waals surface area contributed by atoms with Gasteiger partial charge in [0.15, 0.2) is 11.5 Å². The fourth-order valence-electron chi connectivity index (χ4n) is 2.55. The number of methoxy groups -OCH3 is 1. The average molecular weight is 398 g/mol. The van der Waals surface area contributed by atoms with E-state index in [2.05, 4.69) is 10.1 Å². The van der Waals surface area contributed by atoms with E-state index in [0.29, 0.717) is 27.4 Å². The molecule has 0 aliphatic carbocycles. The van der Waals surface area contributed by atoms with Crippen LogP contribution in [0.25, 0.3) is 11.3 Å². The van der Waals surface area contributed by atoms with Gasteiger partial charge in [0.2, 0.25) is 4.80 Å². The van der Waals surface area contributed by atoms with E-state index in [-0.39, 0.29) is 17.1 Å². The van der Waals surface area contributed by atoms with Gasteiger partial charge in [-0.25, -0.2) is 4.68 Å². The van der Waals surface area contributed by atoms with Gasteiger partial charge in [0.1, 0.15) is 5.75 Å². The summed E-state index contributed by atoms with van der Waals surface area (Å²) in [7, 11) is 3.12. The van der Waals surface area contributed by atoms with E-state index in [1.165, 1.54) is 36.6 Å². The monoisotopic (exact) mass is 398 g/mol. The zero-order chi connectivity index (χ0) is 20.3. The molecule has 0 spiro atoms. The summed E-state index contributed by atoms with van der Waals surface area (Å²) in [6, 6.07) is 9.45. The third-order valence-electron chi connectivity index (χ3n) is 3.96. The van der Waals surface area contributed by atoms with Crippen LogP contribution in [0.15, 0.2) is 51.9 Å². The van der Waals surface area contributed by atoms with Crippen molar-refractivity contribution < 1.29 is 19.7 Å². The molecular weight excluding hydrogens is 380 g/mol. The molecule has 28 heavy (non-hydrogen) atoms. The molecule has 1 amide bonds. The van der Waals surface area contributed by atoms with Crippen molar-refractivity contribution in [3.8, 4) is 28.5 Å². The molecule has 0 saturated carbocycles. The summed E-state index contributed by atoms with van der Waals surface area (Å²) in [6.07, 6.45) is 1.60. The van der Waals surface area contributed by atoms with Gasteiger partial charge < -0.3 is 20.7 Å². The highest BCUT2D eigenvalue weighted by Crippen LogP contribution is 2.27. The summed E-state index contributed by atoms with van der Waals surface area (Å²) < 4.78 is 6.72. The molecule has 1 aromatic heterocycles. The minimum absolute atomic E-state index is 0.0255. The summed E-state index contributed by atoms with van der Waals surface area (Å²) in [4.78, 5) is 16.4. The van der Waals surface area contributed by atoms with Crippen molar-refractivity contribution >= 4 is 23.5 Å². The molecule has 0 saturated heterocycles. The third-order valence-corrected chi connectivity index (χ3v) is 4.87. The Labute approximate surface area is 164 Å². The zero-order valence-electron chi connectivity index (χ0n) is 15.2. The first-order chi connectivity index (χ1) is 13.4. The molecule has 1 heterocycles. The van der Waals surface area contributed by atoms with Gasteiger partial charge in [0, 0.05) is 18.0 Å². The number of aromatic hydroxyl groups is 2. The molecule has 9 heteroatoms.